The first-order chi connectivity index (χ1) is 8.83. The summed E-state index contributed by atoms with van der Waals surface area (Å²) >= 11 is 2.08. The van der Waals surface area contributed by atoms with Crippen LogP contribution in [0.3, 0.4) is 0 Å². The molecule has 3 unspecified atom stereocenters. The first-order valence-electron chi connectivity index (χ1n) is 7.85. The van der Waals surface area contributed by atoms with E-state index in [1.165, 1.54) is 64.5 Å². The van der Waals surface area contributed by atoms with E-state index in [1.807, 2.05) is 0 Å². The summed E-state index contributed by atoms with van der Waals surface area (Å²) in [4.78, 5) is 0. The van der Waals surface area contributed by atoms with Gasteiger partial charge in [-0.25, -0.2) is 0 Å². The number of nitrogens with one attached hydrogen (secondary N) is 2. The largest absolute Gasteiger partial charge is 0.314 e. The van der Waals surface area contributed by atoms with Gasteiger partial charge in [0.05, 0.1) is 0 Å². The molecule has 104 valence electrons. The molecule has 1 aliphatic heterocycles. The molecule has 18 heavy (non-hydrogen) atoms. The Hall–Kier alpha value is 0.270. The highest BCUT2D eigenvalue weighted by Crippen LogP contribution is 2.46. The van der Waals surface area contributed by atoms with Gasteiger partial charge in [0.15, 0.2) is 0 Å². The molecule has 0 aromatic rings. The third-order valence-electron chi connectivity index (χ3n) is 5.36. The fourth-order valence-electron chi connectivity index (χ4n) is 3.88. The lowest BCUT2D eigenvalue weighted by Gasteiger charge is -2.37. The van der Waals surface area contributed by atoms with Gasteiger partial charge in [-0.2, -0.15) is 11.8 Å². The molecule has 3 rings (SSSR count). The van der Waals surface area contributed by atoms with E-state index in [0.29, 0.717) is 4.75 Å². The molecular formula is C15H28N2S. The third kappa shape index (κ3) is 2.88. The lowest BCUT2D eigenvalue weighted by molar-refractivity contribution is 0.215. The Balaban J connectivity index is 1.54. The molecule has 2 saturated carbocycles. The maximum atomic E-state index is 3.94. The van der Waals surface area contributed by atoms with Crippen molar-refractivity contribution < 1.29 is 0 Å². The maximum absolute atomic E-state index is 3.94. The zero-order chi connectivity index (χ0) is 12.4. The number of thioether (sulfide) groups is 1. The number of rotatable bonds is 5. The average Bonchev–Trinajstić information content (AvgIpc) is 3.00. The van der Waals surface area contributed by atoms with E-state index in [0.717, 1.165) is 18.0 Å². The van der Waals surface area contributed by atoms with E-state index in [2.05, 4.69) is 28.7 Å². The number of hydrogen-bond acceptors (Lipinski definition) is 3. The lowest BCUT2D eigenvalue weighted by atomic mass is 9.79. The van der Waals surface area contributed by atoms with Crippen molar-refractivity contribution in [2.45, 2.75) is 68.2 Å². The van der Waals surface area contributed by atoms with Crippen LogP contribution in [-0.2, 0) is 0 Å². The second-order valence-electron chi connectivity index (χ2n) is 6.53. The van der Waals surface area contributed by atoms with Gasteiger partial charge in [0, 0.05) is 23.4 Å². The first-order valence-corrected chi connectivity index (χ1v) is 9.07. The molecule has 3 fully saturated rings. The molecular weight excluding hydrogens is 240 g/mol. The molecule has 2 nitrogen and oxygen atoms in total. The van der Waals surface area contributed by atoms with Crippen molar-refractivity contribution in [3.8, 4) is 0 Å². The highest BCUT2D eigenvalue weighted by atomic mass is 32.2. The highest BCUT2D eigenvalue weighted by molar-refractivity contribution is 8.00. The van der Waals surface area contributed by atoms with E-state index in [-0.39, 0.29) is 0 Å². The molecule has 0 radical (unpaired) electrons. The minimum Gasteiger partial charge on any atom is -0.314 e. The maximum Gasteiger partial charge on any atom is 0.0282 e. The molecule has 1 heterocycles. The van der Waals surface area contributed by atoms with Crippen LogP contribution in [0.25, 0.3) is 0 Å². The monoisotopic (exact) mass is 268 g/mol. The molecule has 0 amide bonds. The van der Waals surface area contributed by atoms with Crippen LogP contribution >= 0.6 is 11.8 Å². The van der Waals surface area contributed by atoms with Gasteiger partial charge in [-0.3, -0.25) is 0 Å². The minimum absolute atomic E-state index is 0.616. The second kappa shape index (κ2) is 5.72. The summed E-state index contributed by atoms with van der Waals surface area (Å²) < 4.78 is 0.616. The molecule has 0 aromatic heterocycles. The Morgan fingerprint density at radius 3 is 2.67 bits per heavy atom. The predicted molar refractivity (Wildman–Crippen MR) is 80.3 cm³/mol. The summed E-state index contributed by atoms with van der Waals surface area (Å²) in [5.74, 6) is 0.902. The van der Waals surface area contributed by atoms with Gasteiger partial charge in [-0.1, -0.05) is 12.8 Å². The average molecular weight is 268 g/mol. The highest BCUT2D eigenvalue weighted by Gasteiger charge is 2.43. The summed E-state index contributed by atoms with van der Waals surface area (Å²) in [6.07, 6.45) is 13.7. The van der Waals surface area contributed by atoms with Crippen molar-refractivity contribution in [1.29, 1.82) is 0 Å². The smallest absolute Gasteiger partial charge is 0.0282 e. The Kier molecular flexibility index (Phi) is 4.21. The first kappa shape index (κ1) is 13.3. The van der Waals surface area contributed by atoms with Crippen molar-refractivity contribution in [2.24, 2.45) is 5.92 Å². The van der Waals surface area contributed by atoms with Gasteiger partial charge in [-0.05, 0) is 57.2 Å². The minimum atomic E-state index is 0.616. The third-order valence-corrected chi connectivity index (χ3v) is 6.78. The molecule has 3 aliphatic rings. The standard InChI is InChI=1S/C15H28N2S/c1-18-15(8-9-15)11-17-14-6-3-2-5-12(14)13-7-4-10-16-13/h12-14,16-17H,2-11H2,1H3. The molecule has 2 N–H and O–H groups in total. The zero-order valence-electron chi connectivity index (χ0n) is 11.7. The Bertz CT molecular complexity index is 272. The van der Waals surface area contributed by atoms with E-state index in [9.17, 15) is 0 Å². The second-order valence-corrected chi connectivity index (χ2v) is 7.80. The van der Waals surface area contributed by atoms with Gasteiger partial charge < -0.3 is 10.6 Å². The Morgan fingerprint density at radius 2 is 2.00 bits per heavy atom. The summed E-state index contributed by atoms with van der Waals surface area (Å²) in [7, 11) is 0. The van der Waals surface area contributed by atoms with Crippen LogP contribution in [0, 0.1) is 5.92 Å². The van der Waals surface area contributed by atoms with E-state index in [4.69, 9.17) is 0 Å². The number of hydrogen-bond donors (Lipinski definition) is 2. The molecule has 1 saturated heterocycles. The SMILES string of the molecule is CSC1(CNC2CCCCC2C2CCCN2)CC1. The van der Waals surface area contributed by atoms with Crippen LogP contribution in [0.1, 0.15) is 51.4 Å². The van der Waals surface area contributed by atoms with E-state index < -0.39 is 0 Å². The van der Waals surface area contributed by atoms with Crippen LogP contribution < -0.4 is 10.6 Å². The van der Waals surface area contributed by atoms with Gasteiger partial charge in [0.25, 0.3) is 0 Å². The summed E-state index contributed by atoms with van der Waals surface area (Å²) in [5, 5.41) is 7.68. The fourth-order valence-corrected chi connectivity index (χ4v) is 4.62. The van der Waals surface area contributed by atoms with Crippen LogP contribution in [0.4, 0.5) is 0 Å². The van der Waals surface area contributed by atoms with Gasteiger partial charge in [0.1, 0.15) is 0 Å². The summed E-state index contributed by atoms with van der Waals surface area (Å²) in [6.45, 7) is 2.50. The molecule has 0 spiro atoms. The van der Waals surface area contributed by atoms with Crippen molar-refractivity contribution in [2.75, 3.05) is 19.3 Å². The van der Waals surface area contributed by atoms with E-state index >= 15 is 0 Å². The normalized spacial score (nSPS) is 38.8. The van der Waals surface area contributed by atoms with Crippen LogP contribution in [0.2, 0.25) is 0 Å². The Morgan fingerprint density at radius 1 is 1.17 bits per heavy atom. The topological polar surface area (TPSA) is 24.1 Å². The molecule has 0 aromatic carbocycles. The van der Waals surface area contributed by atoms with Crippen LogP contribution in [0.15, 0.2) is 0 Å². The van der Waals surface area contributed by atoms with E-state index in [1.54, 1.807) is 0 Å². The Labute approximate surface area is 116 Å². The van der Waals surface area contributed by atoms with Crippen molar-refractivity contribution >= 4 is 11.8 Å². The van der Waals surface area contributed by atoms with Crippen molar-refractivity contribution in [3.63, 3.8) is 0 Å². The molecule has 2 aliphatic carbocycles. The summed E-state index contributed by atoms with van der Waals surface area (Å²) in [6, 6.07) is 1.60. The van der Waals surface area contributed by atoms with Gasteiger partial charge in [0.2, 0.25) is 0 Å². The van der Waals surface area contributed by atoms with Crippen molar-refractivity contribution in [3.05, 3.63) is 0 Å². The lowest BCUT2D eigenvalue weighted by Crippen LogP contribution is -2.48. The predicted octanol–water partition coefficient (Wildman–Crippen LogP) is 2.78. The van der Waals surface area contributed by atoms with Crippen LogP contribution in [-0.4, -0.2) is 36.2 Å². The zero-order valence-corrected chi connectivity index (χ0v) is 12.5. The summed E-state index contributed by atoms with van der Waals surface area (Å²) in [5.41, 5.74) is 0. The van der Waals surface area contributed by atoms with Gasteiger partial charge >= 0.3 is 0 Å². The molecule has 3 heteroatoms. The fraction of sp³-hybridized carbons (Fsp3) is 1.00. The quantitative estimate of drug-likeness (QED) is 0.802. The molecule has 3 atom stereocenters. The van der Waals surface area contributed by atoms with Crippen molar-refractivity contribution in [1.82, 2.24) is 10.6 Å². The van der Waals surface area contributed by atoms with Crippen LogP contribution in [0.5, 0.6) is 0 Å². The van der Waals surface area contributed by atoms with Gasteiger partial charge in [-0.15, -0.1) is 0 Å². The molecule has 0 bridgehead atoms.